The van der Waals surface area contributed by atoms with Gasteiger partial charge in [0, 0.05) is 39.0 Å². The maximum absolute atomic E-state index is 14.2. The van der Waals surface area contributed by atoms with Crippen LogP contribution in [0.25, 0.3) is 6.08 Å². The highest BCUT2D eigenvalue weighted by atomic mass is 79.9. The molecule has 55 heavy (non-hydrogen) atoms. The number of rotatable bonds is 12. The number of carbonyl (C=O) groups is 5. The first-order valence-corrected chi connectivity index (χ1v) is 19.9. The minimum atomic E-state index is -0.756. The summed E-state index contributed by atoms with van der Waals surface area (Å²) >= 11 is 5.98. The molecule has 5 aromatic rings. The molecule has 1 aliphatic heterocycles. The SMILES string of the molecule is CCOC(=O)c1c(NC(=O)C(Sc2cccc(NC(=O)/C(=C/c3ccc(Br)cc3)NC(=O)c3ccccc3)c2)c2ccccc2)sc2c1CCN(C(C)=O)C2. The Kier molecular flexibility index (Phi) is 13.0. The standard InChI is InChI=1S/C42H37BrN4O6S2/c1-3-53-42(52)36-33-21-22-47(26(2)48)25-35(33)55-41(36)46-40(51)37(28-11-6-4-7-12-28)54-32-16-10-15-31(24-32)44-39(50)34(23-27-17-19-30(43)20-18-27)45-38(49)29-13-8-5-9-14-29/h4-20,23-24,37H,3,21-22,25H2,1-2H3,(H,44,50)(H,45,49)(H,46,51)/b34-23-. The quantitative estimate of drug-likeness (QED) is 0.0653. The van der Waals surface area contributed by atoms with E-state index in [9.17, 15) is 24.0 Å². The Bertz CT molecular complexity index is 2240. The van der Waals surface area contributed by atoms with Crippen molar-refractivity contribution in [1.29, 1.82) is 0 Å². The van der Waals surface area contributed by atoms with Crippen molar-refractivity contribution in [3.05, 3.63) is 152 Å². The molecular weight excluding hydrogens is 801 g/mol. The number of hydrogen-bond acceptors (Lipinski definition) is 8. The van der Waals surface area contributed by atoms with E-state index in [1.54, 1.807) is 66.4 Å². The summed E-state index contributed by atoms with van der Waals surface area (Å²) in [6.07, 6.45) is 2.07. The third kappa shape index (κ3) is 9.98. The van der Waals surface area contributed by atoms with E-state index < -0.39 is 23.0 Å². The molecule has 0 fully saturated rings. The van der Waals surface area contributed by atoms with Crippen molar-refractivity contribution < 1.29 is 28.7 Å². The maximum atomic E-state index is 14.2. The highest BCUT2D eigenvalue weighted by Crippen LogP contribution is 2.41. The molecule has 6 rings (SSSR count). The van der Waals surface area contributed by atoms with Gasteiger partial charge in [-0.3, -0.25) is 19.2 Å². The molecule has 13 heteroatoms. The molecule has 1 unspecified atom stereocenters. The van der Waals surface area contributed by atoms with Gasteiger partial charge in [0.2, 0.25) is 11.8 Å². The number of thiophene rings is 1. The second-order valence-electron chi connectivity index (χ2n) is 12.4. The van der Waals surface area contributed by atoms with Gasteiger partial charge in [-0.1, -0.05) is 82.7 Å². The van der Waals surface area contributed by atoms with E-state index in [2.05, 4.69) is 31.9 Å². The number of nitrogens with one attached hydrogen (secondary N) is 3. The number of halogens is 1. The van der Waals surface area contributed by atoms with Crippen molar-refractivity contribution >= 4 is 85.4 Å². The zero-order valence-corrected chi connectivity index (χ0v) is 33.2. The number of carbonyl (C=O) groups excluding carboxylic acids is 5. The Balaban J connectivity index is 1.25. The summed E-state index contributed by atoms with van der Waals surface area (Å²) in [4.78, 5) is 69.7. The molecule has 10 nitrogen and oxygen atoms in total. The molecule has 0 radical (unpaired) electrons. The van der Waals surface area contributed by atoms with Crippen molar-refractivity contribution in [3.63, 3.8) is 0 Å². The fraction of sp³-hybridized carbons (Fsp3) is 0.167. The van der Waals surface area contributed by atoms with Gasteiger partial charge in [-0.15, -0.1) is 23.1 Å². The summed E-state index contributed by atoms with van der Waals surface area (Å²) in [5.41, 5.74) is 3.43. The highest BCUT2D eigenvalue weighted by Gasteiger charge is 2.32. The second-order valence-corrected chi connectivity index (χ2v) is 15.6. The summed E-state index contributed by atoms with van der Waals surface area (Å²) in [6.45, 7) is 4.23. The van der Waals surface area contributed by atoms with Crippen LogP contribution in [0.2, 0.25) is 0 Å². The topological polar surface area (TPSA) is 134 Å². The summed E-state index contributed by atoms with van der Waals surface area (Å²) in [6, 6.07) is 32.3. The van der Waals surface area contributed by atoms with Crippen LogP contribution in [0.5, 0.6) is 0 Å². The van der Waals surface area contributed by atoms with Crippen molar-refractivity contribution in [2.24, 2.45) is 0 Å². The molecule has 3 N–H and O–H groups in total. The van der Waals surface area contributed by atoms with Gasteiger partial charge >= 0.3 is 5.97 Å². The first kappa shape index (κ1) is 39.2. The Labute approximate surface area is 335 Å². The molecule has 0 spiro atoms. The molecule has 2 heterocycles. The Morgan fingerprint density at radius 2 is 1.62 bits per heavy atom. The molecular formula is C42H37BrN4O6S2. The average Bonchev–Trinajstić information content (AvgIpc) is 3.55. The lowest BCUT2D eigenvalue weighted by Crippen LogP contribution is -2.34. The van der Waals surface area contributed by atoms with Gasteiger partial charge in [0.05, 0.1) is 18.7 Å². The van der Waals surface area contributed by atoms with E-state index in [-0.39, 0.29) is 24.1 Å². The van der Waals surface area contributed by atoms with Crippen LogP contribution in [-0.2, 0) is 32.1 Å². The number of esters is 1. The normalized spacial score (nSPS) is 12.9. The largest absolute Gasteiger partial charge is 0.462 e. The molecule has 4 aromatic carbocycles. The first-order valence-electron chi connectivity index (χ1n) is 17.4. The zero-order valence-electron chi connectivity index (χ0n) is 30.0. The monoisotopic (exact) mass is 836 g/mol. The summed E-state index contributed by atoms with van der Waals surface area (Å²) < 4.78 is 6.27. The van der Waals surface area contributed by atoms with Crippen LogP contribution in [0.15, 0.2) is 124 Å². The lowest BCUT2D eigenvalue weighted by Gasteiger charge is -2.25. The van der Waals surface area contributed by atoms with E-state index >= 15 is 0 Å². The van der Waals surface area contributed by atoms with Crippen LogP contribution in [0, 0.1) is 0 Å². The highest BCUT2D eigenvalue weighted by molar-refractivity contribution is 9.10. The van der Waals surface area contributed by atoms with Gasteiger partial charge in [0.1, 0.15) is 15.9 Å². The second kappa shape index (κ2) is 18.2. The summed E-state index contributed by atoms with van der Waals surface area (Å²) in [5.74, 6) is -1.92. The maximum Gasteiger partial charge on any atom is 0.341 e. The number of fused-ring (bicyclic) bond motifs is 1. The van der Waals surface area contributed by atoms with Crippen LogP contribution in [0.1, 0.15) is 61.4 Å². The molecule has 0 bridgehead atoms. The van der Waals surface area contributed by atoms with E-state index in [0.717, 1.165) is 20.5 Å². The van der Waals surface area contributed by atoms with E-state index in [1.165, 1.54) is 30.0 Å². The Morgan fingerprint density at radius 3 is 2.31 bits per heavy atom. The fourth-order valence-corrected chi connectivity index (χ4v) is 8.51. The van der Waals surface area contributed by atoms with E-state index in [0.29, 0.717) is 51.8 Å². The number of thioether (sulfide) groups is 1. The van der Waals surface area contributed by atoms with Gasteiger partial charge in [-0.2, -0.15) is 0 Å². The number of hydrogen-bond donors (Lipinski definition) is 3. The Hall–Kier alpha value is -5.50. The molecule has 0 saturated heterocycles. The number of ether oxygens (including phenoxy) is 1. The van der Waals surface area contributed by atoms with Crippen LogP contribution < -0.4 is 16.0 Å². The molecule has 1 aromatic heterocycles. The van der Waals surface area contributed by atoms with Crippen molar-refractivity contribution in [2.45, 2.75) is 37.0 Å². The number of anilines is 2. The predicted octanol–water partition coefficient (Wildman–Crippen LogP) is 8.47. The third-order valence-corrected chi connectivity index (χ3v) is 11.5. The van der Waals surface area contributed by atoms with Gasteiger partial charge in [-0.25, -0.2) is 4.79 Å². The van der Waals surface area contributed by atoms with Crippen LogP contribution in [0.4, 0.5) is 10.7 Å². The van der Waals surface area contributed by atoms with Crippen LogP contribution in [0.3, 0.4) is 0 Å². The minimum absolute atomic E-state index is 0.0400. The zero-order chi connectivity index (χ0) is 38.9. The molecule has 4 amide bonds. The molecule has 1 aliphatic rings. The van der Waals surface area contributed by atoms with Gasteiger partial charge in [-0.05, 0) is 78.6 Å². The fourth-order valence-electron chi connectivity index (χ4n) is 5.91. The summed E-state index contributed by atoms with van der Waals surface area (Å²) in [5, 5.41) is 8.31. The predicted molar refractivity (Wildman–Crippen MR) is 220 cm³/mol. The molecule has 280 valence electrons. The van der Waals surface area contributed by atoms with Crippen LogP contribution in [-0.4, -0.2) is 47.6 Å². The van der Waals surface area contributed by atoms with Crippen molar-refractivity contribution in [1.82, 2.24) is 10.2 Å². The van der Waals surface area contributed by atoms with E-state index in [4.69, 9.17) is 4.74 Å². The molecule has 0 saturated carbocycles. The number of nitrogens with zero attached hydrogens (tertiary/aromatic N) is 1. The third-order valence-electron chi connectivity index (χ3n) is 8.61. The smallest absolute Gasteiger partial charge is 0.341 e. The van der Waals surface area contributed by atoms with Crippen LogP contribution >= 0.6 is 39.0 Å². The lowest BCUT2D eigenvalue weighted by molar-refractivity contribution is -0.129. The number of benzene rings is 4. The van der Waals surface area contributed by atoms with Gasteiger partial charge in [0.25, 0.3) is 11.8 Å². The Morgan fingerprint density at radius 1 is 0.909 bits per heavy atom. The molecule has 0 aliphatic carbocycles. The number of amides is 4. The van der Waals surface area contributed by atoms with Crippen molar-refractivity contribution in [2.75, 3.05) is 23.8 Å². The molecule has 1 atom stereocenters. The first-order chi connectivity index (χ1) is 26.6. The summed E-state index contributed by atoms with van der Waals surface area (Å²) in [7, 11) is 0. The van der Waals surface area contributed by atoms with Gasteiger partial charge in [0.15, 0.2) is 0 Å². The average molecular weight is 838 g/mol. The van der Waals surface area contributed by atoms with Gasteiger partial charge < -0.3 is 25.6 Å². The lowest BCUT2D eigenvalue weighted by atomic mass is 10.0. The van der Waals surface area contributed by atoms with Crippen molar-refractivity contribution in [3.8, 4) is 0 Å². The van der Waals surface area contributed by atoms with E-state index in [1.807, 2.05) is 60.7 Å². The minimum Gasteiger partial charge on any atom is -0.462 e.